The Morgan fingerprint density at radius 3 is 2.50 bits per heavy atom. The smallest absolute Gasteiger partial charge is 0.291 e. The van der Waals surface area contributed by atoms with Crippen LogP contribution in [0, 0.1) is 6.92 Å². The van der Waals surface area contributed by atoms with Crippen LogP contribution in [-0.4, -0.2) is 17.5 Å². The van der Waals surface area contributed by atoms with Crippen LogP contribution in [0.2, 0.25) is 10.0 Å². The number of carbonyl (C=O) groups excluding carboxylic acids is 2. The minimum atomic E-state index is -0.400. The number of carbonyl (C=O) groups is 2. The maximum Gasteiger partial charge on any atom is 0.291 e. The van der Waals surface area contributed by atoms with Crippen molar-refractivity contribution < 1.29 is 14.0 Å². The number of rotatable bonds is 5. The highest BCUT2D eigenvalue weighted by atomic mass is 35.5. The first kappa shape index (κ1) is 22.1. The third kappa shape index (κ3) is 5.03. The molecule has 0 spiro atoms. The fraction of sp³-hybridized carbons (Fsp3) is 0.208. The number of nitrogens with one attached hydrogen (secondary N) is 2. The zero-order chi connectivity index (χ0) is 22.7. The van der Waals surface area contributed by atoms with Crippen molar-refractivity contribution in [3.8, 4) is 0 Å². The normalized spacial score (nSPS) is 14.2. The molecule has 164 valence electrons. The van der Waals surface area contributed by atoms with E-state index in [-0.39, 0.29) is 18.1 Å². The Morgan fingerprint density at radius 2 is 1.78 bits per heavy atom. The first-order chi connectivity index (χ1) is 15.4. The molecule has 6 nitrogen and oxygen atoms in total. The van der Waals surface area contributed by atoms with E-state index in [0.717, 1.165) is 17.5 Å². The fourth-order valence-electron chi connectivity index (χ4n) is 3.76. The van der Waals surface area contributed by atoms with E-state index in [1.54, 1.807) is 18.2 Å². The zero-order valence-electron chi connectivity index (χ0n) is 17.4. The highest BCUT2D eigenvalue weighted by Gasteiger charge is 2.28. The summed E-state index contributed by atoms with van der Waals surface area (Å²) in [5.41, 5.74) is 6.20. The molecular formula is C24H21Cl2N3O3. The maximum atomic E-state index is 12.9. The summed E-state index contributed by atoms with van der Waals surface area (Å²) in [6.07, 6.45) is 2.44. The van der Waals surface area contributed by atoms with Crippen LogP contribution in [-0.2, 0) is 17.6 Å². The standard InChI is InChI=1S/C24H21Cl2N3O3/c1-14-22-19(28-29-21(30)10-15-6-3-2-4-7-15)8-5-9-20(22)32-23(14)24(31)27-18-12-16(25)11-17(26)13-18/h2-4,6-7,11-13H,5,8-10H2,1H3,(H,27,31)(H,29,30)/b28-19+. The number of benzene rings is 2. The average molecular weight is 470 g/mol. The Morgan fingerprint density at radius 1 is 1.06 bits per heavy atom. The van der Waals surface area contributed by atoms with Gasteiger partial charge in [0.25, 0.3) is 5.91 Å². The van der Waals surface area contributed by atoms with Crippen molar-refractivity contribution in [1.29, 1.82) is 0 Å². The predicted molar refractivity (Wildman–Crippen MR) is 126 cm³/mol. The van der Waals surface area contributed by atoms with E-state index in [0.29, 0.717) is 45.6 Å². The van der Waals surface area contributed by atoms with E-state index in [9.17, 15) is 9.59 Å². The van der Waals surface area contributed by atoms with Gasteiger partial charge in [0.2, 0.25) is 5.91 Å². The van der Waals surface area contributed by atoms with Gasteiger partial charge in [-0.15, -0.1) is 0 Å². The summed E-state index contributed by atoms with van der Waals surface area (Å²) in [4.78, 5) is 25.1. The van der Waals surface area contributed by atoms with Crippen molar-refractivity contribution in [2.45, 2.75) is 32.6 Å². The lowest BCUT2D eigenvalue weighted by Crippen LogP contribution is -2.23. The number of hydrazone groups is 1. The van der Waals surface area contributed by atoms with E-state index in [4.69, 9.17) is 27.6 Å². The largest absolute Gasteiger partial charge is 0.455 e. The minimum absolute atomic E-state index is 0.201. The average Bonchev–Trinajstić information content (AvgIpc) is 3.09. The number of nitrogens with zero attached hydrogens (tertiary/aromatic N) is 1. The highest BCUT2D eigenvalue weighted by molar-refractivity contribution is 6.35. The molecule has 0 radical (unpaired) electrons. The van der Waals surface area contributed by atoms with Crippen LogP contribution in [0.15, 0.2) is 58.0 Å². The highest BCUT2D eigenvalue weighted by Crippen LogP contribution is 2.31. The predicted octanol–water partition coefficient (Wildman–Crippen LogP) is 5.55. The molecule has 2 aromatic carbocycles. The Hall–Kier alpha value is -3.09. The van der Waals surface area contributed by atoms with Crippen molar-refractivity contribution in [2.24, 2.45) is 5.10 Å². The van der Waals surface area contributed by atoms with Crippen molar-refractivity contribution in [1.82, 2.24) is 5.43 Å². The molecule has 2 amide bonds. The summed E-state index contributed by atoms with van der Waals surface area (Å²) < 4.78 is 5.89. The van der Waals surface area contributed by atoms with Crippen molar-refractivity contribution in [2.75, 3.05) is 5.32 Å². The molecule has 4 rings (SSSR count). The third-order valence-corrected chi connectivity index (χ3v) is 5.61. The summed E-state index contributed by atoms with van der Waals surface area (Å²) in [5.74, 6) is 0.297. The Kier molecular flexibility index (Phi) is 6.63. The van der Waals surface area contributed by atoms with Crippen molar-refractivity contribution >= 4 is 46.4 Å². The van der Waals surface area contributed by atoms with E-state index in [1.165, 1.54) is 0 Å². The van der Waals surface area contributed by atoms with E-state index in [2.05, 4.69) is 15.8 Å². The van der Waals surface area contributed by atoms with Gasteiger partial charge >= 0.3 is 0 Å². The molecule has 0 saturated carbocycles. The Bertz CT molecular complexity index is 1180. The van der Waals surface area contributed by atoms with Crippen LogP contribution in [0.4, 0.5) is 5.69 Å². The van der Waals surface area contributed by atoms with Gasteiger partial charge in [0.15, 0.2) is 5.76 Å². The van der Waals surface area contributed by atoms with Crippen LogP contribution in [0.3, 0.4) is 0 Å². The van der Waals surface area contributed by atoms with Crippen LogP contribution in [0.25, 0.3) is 0 Å². The lowest BCUT2D eigenvalue weighted by Gasteiger charge is -2.13. The second-order valence-electron chi connectivity index (χ2n) is 7.58. The molecule has 0 bridgehead atoms. The number of aryl methyl sites for hydroxylation is 1. The van der Waals surface area contributed by atoms with Gasteiger partial charge in [-0.3, -0.25) is 9.59 Å². The van der Waals surface area contributed by atoms with E-state index in [1.807, 2.05) is 37.3 Å². The molecule has 0 unspecified atom stereocenters. The first-order valence-electron chi connectivity index (χ1n) is 10.2. The molecule has 8 heteroatoms. The zero-order valence-corrected chi connectivity index (χ0v) is 18.9. The molecule has 1 heterocycles. The molecule has 0 aliphatic heterocycles. The number of hydrogen-bond acceptors (Lipinski definition) is 4. The molecule has 32 heavy (non-hydrogen) atoms. The third-order valence-electron chi connectivity index (χ3n) is 5.18. The Balaban J connectivity index is 1.52. The molecule has 0 atom stereocenters. The lowest BCUT2D eigenvalue weighted by molar-refractivity contribution is -0.120. The van der Waals surface area contributed by atoms with Crippen LogP contribution < -0.4 is 10.7 Å². The molecule has 3 aromatic rings. The van der Waals surface area contributed by atoms with Gasteiger partial charge in [0, 0.05) is 33.3 Å². The number of fused-ring (bicyclic) bond motifs is 1. The molecular weight excluding hydrogens is 449 g/mol. The molecule has 1 aromatic heterocycles. The first-order valence-corrected chi connectivity index (χ1v) is 11.0. The monoisotopic (exact) mass is 469 g/mol. The van der Waals surface area contributed by atoms with Crippen molar-refractivity contribution in [3.05, 3.63) is 86.8 Å². The summed E-state index contributed by atoms with van der Waals surface area (Å²) in [6, 6.07) is 14.3. The fourth-order valence-corrected chi connectivity index (χ4v) is 4.29. The van der Waals surface area contributed by atoms with Gasteiger partial charge in [-0.05, 0) is 43.5 Å². The number of hydrogen-bond donors (Lipinski definition) is 2. The van der Waals surface area contributed by atoms with Gasteiger partial charge in [-0.1, -0.05) is 53.5 Å². The van der Waals surface area contributed by atoms with Gasteiger partial charge in [-0.2, -0.15) is 5.10 Å². The quantitative estimate of drug-likeness (QED) is 0.480. The van der Waals surface area contributed by atoms with E-state index < -0.39 is 5.91 Å². The van der Waals surface area contributed by atoms with Crippen LogP contribution >= 0.6 is 23.2 Å². The molecule has 1 aliphatic rings. The number of furan rings is 1. The number of anilines is 1. The topological polar surface area (TPSA) is 83.7 Å². The summed E-state index contributed by atoms with van der Waals surface area (Å²) in [5, 5.41) is 7.96. The number of amides is 2. The van der Waals surface area contributed by atoms with Crippen LogP contribution in [0.5, 0.6) is 0 Å². The van der Waals surface area contributed by atoms with E-state index >= 15 is 0 Å². The second-order valence-corrected chi connectivity index (χ2v) is 8.45. The van der Waals surface area contributed by atoms with Gasteiger partial charge in [0.1, 0.15) is 5.76 Å². The van der Waals surface area contributed by atoms with Gasteiger partial charge < -0.3 is 9.73 Å². The molecule has 1 aliphatic carbocycles. The molecule has 2 N–H and O–H groups in total. The number of halogens is 2. The SMILES string of the molecule is Cc1c(C(=O)Nc2cc(Cl)cc(Cl)c2)oc2c1/C(=N/NC(=O)Cc1ccccc1)CCC2. The summed E-state index contributed by atoms with van der Waals surface area (Å²) in [7, 11) is 0. The Labute approximate surface area is 195 Å². The van der Waals surface area contributed by atoms with Crippen molar-refractivity contribution in [3.63, 3.8) is 0 Å². The lowest BCUT2D eigenvalue weighted by atomic mass is 9.93. The maximum absolute atomic E-state index is 12.9. The van der Waals surface area contributed by atoms with Crippen LogP contribution in [0.1, 0.15) is 45.8 Å². The van der Waals surface area contributed by atoms with Gasteiger partial charge in [0.05, 0.1) is 12.1 Å². The second kappa shape index (κ2) is 9.59. The summed E-state index contributed by atoms with van der Waals surface area (Å²) in [6.45, 7) is 1.81. The molecule has 0 fully saturated rings. The molecule has 0 saturated heterocycles. The summed E-state index contributed by atoms with van der Waals surface area (Å²) >= 11 is 12.0. The van der Waals surface area contributed by atoms with Gasteiger partial charge in [-0.25, -0.2) is 5.43 Å². The minimum Gasteiger partial charge on any atom is -0.455 e.